The third kappa shape index (κ3) is 4.58. The number of benzene rings is 1. The van der Waals surface area contributed by atoms with Gasteiger partial charge < -0.3 is 20.5 Å². The summed E-state index contributed by atoms with van der Waals surface area (Å²) in [6, 6.07) is 7.23. The third-order valence-electron chi connectivity index (χ3n) is 5.58. The standard InChI is InChI=1S/C14H14ClN3O2.C7H5N5O4/c15-17-6-8-1-2-9-3-4-18(7-10(9)5-8)12-11(16)13(19)14(12)20;1-16-6(15)4-2-3(5(13)14)8-7-9-10-11-12(4)7/h1-2,5,17H,3-4,6-7,16H2;2H,1H3,(H,13,14). The van der Waals surface area contributed by atoms with Gasteiger partial charge in [0, 0.05) is 25.7 Å². The Hall–Kier alpha value is -4.43. The molecule has 14 nitrogen and oxygen atoms in total. The number of carboxylic acids is 1. The largest absolute Gasteiger partial charge is 0.477 e. The van der Waals surface area contributed by atoms with Crippen molar-refractivity contribution in [1.82, 2.24) is 29.9 Å². The predicted octanol–water partition coefficient (Wildman–Crippen LogP) is -0.325. The summed E-state index contributed by atoms with van der Waals surface area (Å²) in [5, 5.41) is 19.0. The molecule has 1 aliphatic heterocycles. The molecule has 0 saturated carbocycles. The van der Waals surface area contributed by atoms with E-state index < -0.39 is 22.8 Å². The highest BCUT2D eigenvalue weighted by Gasteiger charge is 2.26. The lowest BCUT2D eigenvalue weighted by atomic mass is 9.96. The maximum atomic E-state index is 11.6. The maximum Gasteiger partial charge on any atom is 0.357 e. The number of tetrazole rings is 1. The number of nitrogens with one attached hydrogen (secondary N) is 1. The Bertz CT molecular complexity index is 1540. The number of carboxylic acid groups (broad SMARTS) is 1. The molecule has 2 aromatic carbocycles. The first-order valence-electron chi connectivity index (χ1n) is 10.4. The monoisotopic (exact) mass is 514 g/mol. The van der Waals surface area contributed by atoms with Gasteiger partial charge in [0.15, 0.2) is 11.4 Å². The van der Waals surface area contributed by atoms with Crippen LogP contribution in [-0.4, -0.2) is 55.7 Å². The summed E-state index contributed by atoms with van der Waals surface area (Å²) in [5.74, 6) is -2.11. The van der Waals surface area contributed by atoms with Crippen LogP contribution >= 0.6 is 11.8 Å². The number of carbonyl (C=O) groups is 2. The number of carbonyl (C=O) groups excluding carboxylic acids is 1. The third-order valence-corrected chi connectivity index (χ3v) is 5.71. The highest BCUT2D eigenvalue weighted by atomic mass is 35.5. The normalized spacial score (nSPS) is 12.7. The van der Waals surface area contributed by atoms with Gasteiger partial charge in [-0.25, -0.2) is 19.4 Å². The summed E-state index contributed by atoms with van der Waals surface area (Å²) < 4.78 is 5.47. The van der Waals surface area contributed by atoms with Gasteiger partial charge in [-0.3, -0.25) is 9.59 Å². The second-order valence-electron chi connectivity index (χ2n) is 7.72. The molecule has 0 unspecified atom stereocenters. The lowest BCUT2D eigenvalue weighted by molar-refractivity contribution is 0.0590. The summed E-state index contributed by atoms with van der Waals surface area (Å²) >= 11 is 5.52. The number of fused-ring (bicyclic) bond motifs is 2. The molecule has 5 rings (SSSR count). The molecule has 2 aromatic heterocycles. The Balaban J connectivity index is 0.000000174. The average Bonchev–Trinajstić information content (AvgIpc) is 3.37. The molecular formula is C21H19ClN8O6. The van der Waals surface area contributed by atoms with Gasteiger partial charge in [0.2, 0.25) is 0 Å². The molecule has 36 heavy (non-hydrogen) atoms. The van der Waals surface area contributed by atoms with Crippen molar-refractivity contribution in [1.29, 1.82) is 0 Å². The van der Waals surface area contributed by atoms with Crippen molar-refractivity contribution in [2.75, 3.05) is 24.3 Å². The number of hydrogen-bond donors (Lipinski definition) is 3. The lowest BCUT2D eigenvalue weighted by Crippen LogP contribution is -2.44. The molecule has 0 fully saturated rings. The van der Waals surface area contributed by atoms with Gasteiger partial charge in [-0.05, 0) is 45.3 Å². The van der Waals surface area contributed by atoms with Crippen LogP contribution in [0, 0.1) is 0 Å². The molecule has 4 aromatic rings. The Morgan fingerprint density at radius 2 is 2.00 bits per heavy atom. The van der Waals surface area contributed by atoms with Crippen molar-refractivity contribution >= 4 is 40.9 Å². The molecule has 0 bridgehead atoms. The molecule has 3 heterocycles. The highest BCUT2D eigenvalue weighted by molar-refractivity contribution is 6.13. The highest BCUT2D eigenvalue weighted by Crippen LogP contribution is 2.26. The van der Waals surface area contributed by atoms with Gasteiger partial charge in [0.1, 0.15) is 11.4 Å². The number of nitrogen functional groups attached to an aromatic ring is 1. The van der Waals surface area contributed by atoms with Gasteiger partial charge in [-0.1, -0.05) is 23.3 Å². The number of ether oxygens (including phenoxy) is 1. The zero-order valence-corrected chi connectivity index (χ0v) is 19.5. The summed E-state index contributed by atoms with van der Waals surface area (Å²) in [6.07, 6.45) is 0.835. The predicted molar refractivity (Wildman–Crippen MR) is 127 cm³/mol. The zero-order chi connectivity index (χ0) is 26.0. The number of hydrogen-bond acceptors (Lipinski definition) is 12. The van der Waals surface area contributed by atoms with Crippen molar-refractivity contribution < 1.29 is 19.4 Å². The number of rotatable bonds is 5. The SMILES string of the molecule is COC(=O)c1cc(C(=O)O)nc2nnnn12.Nc1c(N2CCc3ccc(CNCl)cc3C2)c(=O)c1=O. The molecular weight excluding hydrogens is 496 g/mol. The minimum atomic E-state index is -1.28. The van der Waals surface area contributed by atoms with Crippen LogP contribution in [0.15, 0.2) is 33.9 Å². The van der Waals surface area contributed by atoms with E-state index in [0.29, 0.717) is 25.3 Å². The van der Waals surface area contributed by atoms with Crippen LogP contribution in [0.2, 0.25) is 0 Å². The fourth-order valence-corrected chi connectivity index (χ4v) is 3.95. The number of anilines is 2. The first-order chi connectivity index (χ1) is 17.2. The van der Waals surface area contributed by atoms with Crippen molar-refractivity contribution in [3.05, 3.63) is 72.8 Å². The van der Waals surface area contributed by atoms with Crippen molar-refractivity contribution in [2.24, 2.45) is 0 Å². The number of nitrogens with two attached hydrogens (primary N) is 1. The molecule has 15 heteroatoms. The van der Waals surface area contributed by atoms with E-state index in [-0.39, 0.29) is 22.9 Å². The number of esters is 1. The van der Waals surface area contributed by atoms with Crippen LogP contribution in [0.4, 0.5) is 11.4 Å². The van der Waals surface area contributed by atoms with E-state index in [2.05, 4.69) is 42.2 Å². The van der Waals surface area contributed by atoms with E-state index in [1.807, 2.05) is 11.0 Å². The fourth-order valence-electron chi connectivity index (χ4n) is 3.80. The van der Waals surface area contributed by atoms with Gasteiger partial charge in [0.25, 0.3) is 16.6 Å². The van der Waals surface area contributed by atoms with E-state index in [1.54, 1.807) is 0 Å². The molecule has 0 aliphatic carbocycles. The summed E-state index contributed by atoms with van der Waals surface area (Å²) in [6.45, 7) is 1.88. The Morgan fingerprint density at radius 1 is 1.22 bits per heavy atom. The second-order valence-corrected chi connectivity index (χ2v) is 7.99. The quantitative estimate of drug-likeness (QED) is 0.178. The number of aromatic nitrogens is 5. The Labute approximate surface area is 207 Å². The number of methoxy groups -OCH3 is 1. The zero-order valence-electron chi connectivity index (χ0n) is 18.8. The first kappa shape index (κ1) is 24.7. The molecule has 4 N–H and O–H groups in total. The molecule has 0 saturated heterocycles. The molecule has 0 radical (unpaired) electrons. The summed E-state index contributed by atoms with van der Waals surface area (Å²) in [4.78, 5) is 53.0. The number of nitrogens with zero attached hydrogens (tertiary/aromatic N) is 6. The van der Waals surface area contributed by atoms with E-state index in [9.17, 15) is 19.2 Å². The second kappa shape index (κ2) is 10.1. The number of aromatic carboxylic acids is 1. The molecule has 0 atom stereocenters. The fraction of sp³-hybridized carbons (Fsp3) is 0.238. The molecule has 1 aliphatic rings. The van der Waals surface area contributed by atoms with Crippen LogP contribution in [0.25, 0.3) is 5.78 Å². The van der Waals surface area contributed by atoms with Crippen LogP contribution in [-0.2, 0) is 24.2 Å². The van der Waals surface area contributed by atoms with Gasteiger partial charge in [0.05, 0.1) is 7.11 Å². The van der Waals surface area contributed by atoms with Crippen LogP contribution in [0.5, 0.6) is 0 Å². The Morgan fingerprint density at radius 3 is 2.67 bits per heavy atom. The average molecular weight is 515 g/mol. The van der Waals surface area contributed by atoms with Crippen molar-refractivity contribution in [3.63, 3.8) is 0 Å². The summed E-state index contributed by atoms with van der Waals surface area (Å²) in [5.41, 5.74) is 8.12. The van der Waals surface area contributed by atoms with Crippen molar-refractivity contribution in [2.45, 2.75) is 19.5 Å². The first-order valence-corrected chi connectivity index (χ1v) is 10.8. The topological polar surface area (TPSA) is 195 Å². The van der Waals surface area contributed by atoms with Crippen molar-refractivity contribution in [3.8, 4) is 0 Å². The van der Waals surface area contributed by atoms with Gasteiger partial charge in [-0.15, -0.1) is 0 Å². The van der Waals surface area contributed by atoms with Gasteiger partial charge >= 0.3 is 11.9 Å². The smallest absolute Gasteiger partial charge is 0.357 e. The van der Waals surface area contributed by atoms with E-state index in [0.717, 1.165) is 28.1 Å². The van der Waals surface area contributed by atoms with E-state index in [4.69, 9.17) is 22.6 Å². The minimum absolute atomic E-state index is 0.0831. The van der Waals surface area contributed by atoms with Crippen LogP contribution in [0.3, 0.4) is 0 Å². The summed E-state index contributed by atoms with van der Waals surface area (Å²) in [7, 11) is 1.17. The van der Waals surface area contributed by atoms with E-state index >= 15 is 0 Å². The maximum absolute atomic E-state index is 11.6. The molecule has 0 amide bonds. The molecule has 186 valence electrons. The molecule has 0 spiro atoms. The van der Waals surface area contributed by atoms with Gasteiger partial charge in [-0.2, -0.15) is 4.52 Å². The number of halogens is 1. The Kier molecular flexibility index (Phi) is 6.89. The lowest BCUT2D eigenvalue weighted by Gasteiger charge is -2.31. The van der Waals surface area contributed by atoms with Crippen LogP contribution < -0.4 is 26.3 Å². The van der Waals surface area contributed by atoms with E-state index in [1.165, 1.54) is 12.7 Å². The van der Waals surface area contributed by atoms with Crippen LogP contribution in [0.1, 0.15) is 37.7 Å². The minimum Gasteiger partial charge on any atom is -0.477 e.